The standard InChI is InChI=1S/C21H22F2N2O3/c1-4-28-18-10-9-16(11-17(18)23)25-20(27)21(12(2)13(21)3)19(26)24-15-7-5-14(22)6-8-15/h5-13H,4H2,1-3H3,(H,24,26)(H,25,27)/t12-,13+,21+. The van der Waals surface area contributed by atoms with Gasteiger partial charge in [0.15, 0.2) is 11.6 Å². The minimum absolute atomic E-state index is 0.0948. The highest BCUT2D eigenvalue weighted by Crippen LogP contribution is 2.59. The molecule has 2 aromatic carbocycles. The number of carbonyl (C=O) groups is 2. The molecule has 1 aliphatic carbocycles. The molecule has 0 saturated heterocycles. The average molecular weight is 388 g/mol. The summed E-state index contributed by atoms with van der Waals surface area (Å²) in [6.07, 6.45) is 0. The van der Waals surface area contributed by atoms with Crippen LogP contribution in [0.25, 0.3) is 0 Å². The first-order valence-electron chi connectivity index (χ1n) is 9.11. The van der Waals surface area contributed by atoms with Crippen molar-refractivity contribution in [1.82, 2.24) is 0 Å². The van der Waals surface area contributed by atoms with Crippen molar-refractivity contribution in [3.8, 4) is 5.75 Å². The number of benzene rings is 2. The molecule has 2 amide bonds. The van der Waals surface area contributed by atoms with Crippen molar-refractivity contribution in [2.45, 2.75) is 20.8 Å². The molecule has 28 heavy (non-hydrogen) atoms. The Hall–Kier alpha value is -2.96. The van der Waals surface area contributed by atoms with Gasteiger partial charge >= 0.3 is 0 Å². The summed E-state index contributed by atoms with van der Waals surface area (Å²) in [5.41, 5.74) is -0.633. The van der Waals surface area contributed by atoms with E-state index in [2.05, 4.69) is 10.6 Å². The lowest BCUT2D eigenvalue weighted by Gasteiger charge is -2.18. The van der Waals surface area contributed by atoms with Crippen LogP contribution in [0.15, 0.2) is 42.5 Å². The number of carbonyl (C=O) groups excluding carboxylic acids is 2. The van der Waals surface area contributed by atoms with Crippen LogP contribution in [0, 0.1) is 28.9 Å². The molecule has 1 fully saturated rings. The Morgan fingerprint density at radius 1 is 0.964 bits per heavy atom. The van der Waals surface area contributed by atoms with Crippen molar-refractivity contribution in [2.75, 3.05) is 17.2 Å². The summed E-state index contributed by atoms with van der Waals surface area (Å²) in [6, 6.07) is 9.42. The molecule has 0 aliphatic heterocycles. The number of ether oxygens (including phenoxy) is 1. The fourth-order valence-electron chi connectivity index (χ4n) is 3.56. The van der Waals surface area contributed by atoms with Crippen LogP contribution in [0.1, 0.15) is 20.8 Å². The second-order valence-corrected chi connectivity index (χ2v) is 6.94. The lowest BCUT2D eigenvalue weighted by Crippen LogP contribution is -2.38. The van der Waals surface area contributed by atoms with Crippen LogP contribution in [0.3, 0.4) is 0 Å². The van der Waals surface area contributed by atoms with Crippen LogP contribution in [-0.4, -0.2) is 18.4 Å². The molecule has 1 aliphatic rings. The normalized spacial score (nSPS) is 23.0. The van der Waals surface area contributed by atoms with Crippen molar-refractivity contribution in [1.29, 1.82) is 0 Å². The van der Waals surface area contributed by atoms with E-state index in [0.717, 1.165) is 6.07 Å². The van der Waals surface area contributed by atoms with Gasteiger partial charge in [-0.2, -0.15) is 0 Å². The second kappa shape index (κ2) is 7.58. The van der Waals surface area contributed by atoms with Gasteiger partial charge in [-0.3, -0.25) is 9.59 Å². The molecule has 1 saturated carbocycles. The summed E-state index contributed by atoms with van der Waals surface area (Å²) in [6.45, 7) is 5.69. The van der Waals surface area contributed by atoms with Crippen LogP contribution in [0.2, 0.25) is 0 Å². The van der Waals surface area contributed by atoms with Crippen molar-refractivity contribution in [2.24, 2.45) is 17.3 Å². The zero-order chi connectivity index (χ0) is 20.5. The van der Waals surface area contributed by atoms with Crippen LogP contribution < -0.4 is 15.4 Å². The predicted molar refractivity (Wildman–Crippen MR) is 102 cm³/mol. The lowest BCUT2D eigenvalue weighted by molar-refractivity contribution is -0.132. The van der Waals surface area contributed by atoms with E-state index in [1.165, 1.54) is 36.4 Å². The van der Waals surface area contributed by atoms with Gasteiger partial charge in [-0.25, -0.2) is 8.78 Å². The average Bonchev–Trinajstić information content (AvgIpc) is 3.21. The number of rotatable bonds is 6. The molecular formula is C21H22F2N2O3. The fraction of sp³-hybridized carbons (Fsp3) is 0.333. The summed E-state index contributed by atoms with van der Waals surface area (Å²) in [7, 11) is 0. The van der Waals surface area contributed by atoms with E-state index in [4.69, 9.17) is 4.74 Å². The van der Waals surface area contributed by atoms with Gasteiger partial charge in [-0.05, 0) is 55.2 Å². The minimum Gasteiger partial charge on any atom is -0.491 e. The van der Waals surface area contributed by atoms with Gasteiger partial charge in [0, 0.05) is 17.4 Å². The molecule has 0 spiro atoms. The monoisotopic (exact) mass is 388 g/mol. The highest BCUT2D eigenvalue weighted by Gasteiger charge is 2.69. The largest absolute Gasteiger partial charge is 0.491 e. The molecule has 5 nitrogen and oxygen atoms in total. The molecule has 2 N–H and O–H groups in total. The highest BCUT2D eigenvalue weighted by molar-refractivity contribution is 6.17. The van der Waals surface area contributed by atoms with Crippen molar-refractivity contribution in [3.63, 3.8) is 0 Å². The zero-order valence-corrected chi connectivity index (χ0v) is 15.9. The molecular weight excluding hydrogens is 366 g/mol. The molecule has 3 rings (SSSR count). The Labute approximate surface area is 162 Å². The zero-order valence-electron chi connectivity index (χ0n) is 15.9. The molecule has 7 heteroatoms. The third kappa shape index (κ3) is 3.44. The molecule has 0 radical (unpaired) electrons. The van der Waals surface area contributed by atoms with Gasteiger partial charge in [0.2, 0.25) is 11.8 Å². The first-order chi connectivity index (χ1) is 13.3. The third-order valence-electron chi connectivity index (χ3n) is 5.42. The predicted octanol–water partition coefficient (Wildman–Crippen LogP) is 4.21. The second-order valence-electron chi connectivity index (χ2n) is 6.94. The molecule has 0 bridgehead atoms. The van der Waals surface area contributed by atoms with Gasteiger partial charge in [0.1, 0.15) is 11.2 Å². The van der Waals surface area contributed by atoms with E-state index in [1.54, 1.807) is 6.92 Å². The summed E-state index contributed by atoms with van der Waals surface area (Å²) < 4.78 is 32.2. The molecule has 0 unspecified atom stereocenters. The van der Waals surface area contributed by atoms with Gasteiger partial charge in [-0.1, -0.05) is 13.8 Å². The van der Waals surface area contributed by atoms with Gasteiger partial charge in [0.05, 0.1) is 6.61 Å². The Bertz CT molecular complexity index is 891. The molecule has 0 aromatic heterocycles. The quantitative estimate of drug-likeness (QED) is 0.729. The smallest absolute Gasteiger partial charge is 0.240 e. The van der Waals surface area contributed by atoms with Crippen LogP contribution >= 0.6 is 0 Å². The Morgan fingerprint density at radius 2 is 1.50 bits per heavy atom. The summed E-state index contributed by atoms with van der Waals surface area (Å²) in [5, 5.41) is 5.31. The lowest BCUT2D eigenvalue weighted by atomic mass is 9.99. The van der Waals surface area contributed by atoms with E-state index in [0.29, 0.717) is 12.3 Å². The Kier molecular flexibility index (Phi) is 5.36. The van der Waals surface area contributed by atoms with E-state index < -0.39 is 28.9 Å². The van der Waals surface area contributed by atoms with Crippen molar-refractivity contribution in [3.05, 3.63) is 54.1 Å². The van der Waals surface area contributed by atoms with E-state index in [1.807, 2.05) is 13.8 Å². The van der Waals surface area contributed by atoms with Gasteiger partial charge in [-0.15, -0.1) is 0 Å². The maximum Gasteiger partial charge on any atom is 0.240 e. The van der Waals surface area contributed by atoms with Crippen molar-refractivity contribution >= 4 is 23.2 Å². The SMILES string of the molecule is CCOc1ccc(NC(=O)[C@@]2(C(=O)Nc3ccc(F)cc3)[C@H](C)[C@@H]2C)cc1F. The van der Waals surface area contributed by atoms with E-state index >= 15 is 0 Å². The molecule has 148 valence electrons. The number of anilines is 2. The maximum absolute atomic E-state index is 14.0. The van der Waals surface area contributed by atoms with E-state index in [-0.39, 0.29) is 23.3 Å². The fourth-order valence-corrected chi connectivity index (χ4v) is 3.56. The van der Waals surface area contributed by atoms with Gasteiger partial charge in [0.25, 0.3) is 0 Å². The first-order valence-corrected chi connectivity index (χ1v) is 9.11. The maximum atomic E-state index is 14.0. The third-order valence-corrected chi connectivity index (χ3v) is 5.42. The summed E-state index contributed by atoms with van der Waals surface area (Å²) >= 11 is 0. The molecule has 3 atom stereocenters. The Balaban J connectivity index is 1.78. The number of hydrogen-bond donors (Lipinski definition) is 2. The molecule has 2 aromatic rings. The number of amides is 2. The minimum atomic E-state index is -1.27. The van der Waals surface area contributed by atoms with Crippen molar-refractivity contribution < 1.29 is 23.1 Å². The van der Waals surface area contributed by atoms with E-state index in [9.17, 15) is 18.4 Å². The number of hydrogen-bond acceptors (Lipinski definition) is 3. The van der Waals surface area contributed by atoms with Crippen LogP contribution in [0.5, 0.6) is 5.75 Å². The number of nitrogens with one attached hydrogen (secondary N) is 2. The number of halogens is 2. The first kappa shape index (κ1) is 19.8. The van der Waals surface area contributed by atoms with Crippen LogP contribution in [0.4, 0.5) is 20.2 Å². The van der Waals surface area contributed by atoms with Crippen LogP contribution in [-0.2, 0) is 9.59 Å². The topological polar surface area (TPSA) is 67.4 Å². The summed E-state index contributed by atoms with van der Waals surface area (Å²) in [4.78, 5) is 25.8. The molecule has 0 heterocycles. The summed E-state index contributed by atoms with van der Waals surface area (Å²) in [5.74, 6) is -2.28. The highest BCUT2D eigenvalue weighted by atomic mass is 19.1. The van der Waals surface area contributed by atoms with Gasteiger partial charge < -0.3 is 15.4 Å². The Morgan fingerprint density at radius 3 is 2.00 bits per heavy atom.